The van der Waals surface area contributed by atoms with Gasteiger partial charge in [0.25, 0.3) is 0 Å². The molecule has 1 aromatic carbocycles. The number of nitrogens with one attached hydrogen (secondary N) is 1. The van der Waals surface area contributed by atoms with Gasteiger partial charge in [-0.25, -0.2) is 4.79 Å². The summed E-state index contributed by atoms with van der Waals surface area (Å²) in [6.07, 6.45) is -0.210. The van der Waals surface area contributed by atoms with Crippen molar-refractivity contribution >= 4 is 29.5 Å². The van der Waals surface area contributed by atoms with Crippen molar-refractivity contribution in [1.82, 2.24) is 15.1 Å². The van der Waals surface area contributed by atoms with Crippen molar-refractivity contribution in [3.8, 4) is 0 Å². The smallest absolute Gasteiger partial charge is 0.353 e. The zero-order chi connectivity index (χ0) is 22.9. The van der Waals surface area contributed by atoms with Crippen LogP contribution in [0.15, 0.2) is 40.9 Å². The van der Waals surface area contributed by atoms with Crippen LogP contribution in [-0.2, 0) is 20.0 Å². The minimum atomic E-state index is -1.12. The summed E-state index contributed by atoms with van der Waals surface area (Å²) >= 11 is 1.48. The highest BCUT2D eigenvalue weighted by Gasteiger charge is 2.61. The Labute approximate surface area is 190 Å². The highest BCUT2D eigenvalue weighted by atomic mass is 32.2. The summed E-state index contributed by atoms with van der Waals surface area (Å²) < 4.78 is 0. The lowest BCUT2D eigenvalue weighted by Gasteiger charge is -2.46. The van der Waals surface area contributed by atoms with E-state index in [0.29, 0.717) is 17.9 Å². The molecule has 0 aromatic heterocycles. The fourth-order valence-corrected chi connectivity index (χ4v) is 7.40. The summed E-state index contributed by atoms with van der Waals surface area (Å²) in [4.78, 5) is 41.6. The number of β-lactam (4-membered cyclic amide) rings is 1. The molecule has 2 unspecified atom stereocenters. The fraction of sp³-hybridized carbons (Fsp3) is 0.522. The highest BCUT2D eigenvalue weighted by Crippen LogP contribution is 2.53. The van der Waals surface area contributed by atoms with Crippen LogP contribution < -0.4 is 5.32 Å². The first-order valence-corrected chi connectivity index (χ1v) is 11.8. The van der Waals surface area contributed by atoms with Gasteiger partial charge in [-0.2, -0.15) is 0 Å². The normalized spacial score (nSPS) is 37.2. The van der Waals surface area contributed by atoms with Crippen LogP contribution in [0.25, 0.3) is 0 Å². The van der Waals surface area contributed by atoms with E-state index in [4.69, 9.17) is 0 Å². The van der Waals surface area contributed by atoms with E-state index in [1.807, 2.05) is 44.2 Å². The molecule has 9 heteroatoms. The van der Waals surface area contributed by atoms with Crippen molar-refractivity contribution in [3.63, 3.8) is 0 Å². The van der Waals surface area contributed by atoms with Crippen molar-refractivity contribution in [3.05, 3.63) is 46.5 Å². The van der Waals surface area contributed by atoms with Crippen LogP contribution in [0.4, 0.5) is 0 Å². The number of benzene rings is 1. The van der Waals surface area contributed by atoms with Crippen molar-refractivity contribution in [2.75, 3.05) is 6.54 Å². The molecule has 0 aliphatic carbocycles. The Balaban J connectivity index is 1.41. The van der Waals surface area contributed by atoms with Gasteiger partial charge in [0.15, 0.2) is 0 Å². The lowest BCUT2D eigenvalue weighted by molar-refractivity contribution is -0.163. The van der Waals surface area contributed by atoms with Gasteiger partial charge in [0, 0.05) is 22.6 Å². The third-order valence-corrected chi connectivity index (χ3v) is 8.94. The second kappa shape index (κ2) is 7.33. The van der Waals surface area contributed by atoms with Crippen molar-refractivity contribution < 1.29 is 24.6 Å². The maximum absolute atomic E-state index is 12.8. The first-order valence-electron chi connectivity index (χ1n) is 10.9. The Hall–Kier alpha value is -2.36. The van der Waals surface area contributed by atoms with E-state index in [1.54, 1.807) is 6.92 Å². The molecule has 1 aromatic rings. The Bertz CT molecular complexity index is 1030. The van der Waals surface area contributed by atoms with Crippen LogP contribution in [0, 0.1) is 11.8 Å². The molecule has 3 N–H and O–H groups in total. The first kappa shape index (κ1) is 21.5. The Morgan fingerprint density at radius 1 is 1.28 bits per heavy atom. The number of amides is 2. The second-order valence-electron chi connectivity index (χ2n) is 9.34. The number of rotatable bonds is 5. The van der Waals surface area contributed by atoms with Crippen molar-refractivity contribution in [1.29, 1.82) is 0 Å². The molecule has 0 bridgehead atoms. The van der Waals surface area contributed by atoms with E-state index in [0.717, 1.165) is 5.56 Å². The van der Waals surface area contributed by atoms with E-state index in [2.05, 4.69) is 10.2 Å². The monoisotopic (exact) mass is 457 g/mol. The van der Waals surface area contributed by atoms with Gasteiger partial charge >= 0.3 is 5.97 Å². The molecule has 5 rings (SSSR count). The summed E-state index contributed by atoms with van der Waals surface area (Å²) in [6.45, 7) is 6.13. The molecule has 3 saturated heterocycles. The molecule has 4 aliphatic heterocycles. The van der Waals surface area contributed by atoms with Crippen LogP contribution in [0.5, 0.6) is 0 Å². The lowest BCUT2D eigenvalue weighted by Crippen LogP contribution is -2.63. The minimum Gasteiger partial charge on any atom is -0.477 e. The molecule has 32 heavy (non-hydrogen) atoms. The van der Waals surface area contributed by atoms with Gasteiger partial charge in [0.05, 0.1) is 24.1 Å². The Morgan fingerprint density at radius 3 is 2.59 bits per heavy atom. The van der Waals surface area contributed by atoms with Gasteiger partial charge in [-0.3, -0.25) is 14.5 Å². The molecular formula is C23H27N3O5S. The molecule has 3 fully saturated rings. The van der Waals surface area contributed by atoms with Crippen molar-refractivity contribution in [2.45, 2.75) is 56.3 Å². The van der Waals surface area contributed by atoms with E-state index in [1.165, 1.54) is 16.7 Å². The van der Waals surface area contributed by atoms with Gasteiger partial charge in [-0.05, 0) is 25.8 Å². The summed E-state index contributed by atoms with van der Waals surface area (Å²) in [5, 5.41) is 23.1. The van der Waals surface area contributed by atoms with Crippen LogP contribution in [0.1, 0.15) is 32.8 Å². The molecule has 8 nitrogen and oxygen atoms in total. The summed E-state index contributed by atoms with van der Waals surface area (Å²) in [7, 11) is 0. The third kappa shape index (κ3) is 2.87. The summed E-state index contributed by atoms with van der Waals surface area (Å²) in [6, 6.07) is 9.25. The standard InChI is InChI=1S/C23H27N3O5S/c1-11-17-16(12(2)27)21(29)26(17)18(22(30)31)19(11)32-14-9-15-20(28)24-23(3,25(15)10-14)13-7-5-4-6-8-13/h4-8,11-12,14-17,27H,9-10H2,1-3H3,(H,24,28)(H,30,31)/t11-,12?,14?,15+,16-,17-,23+/m1/s1. The van der Waals surface area contributed by atoms with Gasteiger partial charge in [-0.1, -0.05) is 37.3 Å². The summed E-state index contributed by atoms with van der Waals surface area (Å²) in [5.41, 5.74) is 0.437. The quantitative estimate of drug-likeness (QED) is 0.572. The number of nitrogens with zero attached hydrogens (tertiary/aromatic N) is 2. The minimum absolute atomic E-state index is 0.0143. The number of carboxylic acids is 1. The van der Waals surface area contributed by atoms with Gasteiger partial charge in [0.1, 0.15) is 11.4 Å². The molecule has 2 amide bonds. The number of carboxylic acid groups (broad SMARTS) is 1. The number of aliphatic carboxylic acids is 1. The van der Waals surface area contributed by atoms with Gasteiger partial charge in [0.2, 0.25) is 11.8 Å². The summed E-state index contributed by atoms with van der Waals surface area (Å²) in [5.74, 6) is -2.21. The number of aliphatic hydroxyl groups excluding tert-OH is 1. The van der Waals surface area contributed by atoms with Gasteiger partial charge in [-0.15, -0.1) is 11.8 Å². The van der Waals surface area contributed by atoms with E-state index >= 15 is 0 Å². The van der Waals surface area contributed by atoms with Crippen LogP contribution in [0.2, 0.25) is 0 Å². The number of fused-ring (bicyclic) bond motifs is 2. The van der Waals surface area contributed by atoms with E-state index in [-0.39, 0.29) is 40.8 Å². The Kier molecular flexibility index (Phi) is 4.92. The zero-order valence-corrected chi connectivity index (χ0v) is 19.0. The third-order valence-electron chi connectivity index (χ3n) is 7.45. The molecule has 4 heterocycles. The largest absolute Gasteiger partial charge is 0.477 e. The predicted octanol–water partition coefficient (Wildman–Crippen LogP) is 1.32. The SMILES string of the molecule is CC(O)[C@H]1C(=O)N2C(C(=O)O)=C(SC3C[C@H]4C(=O)N[C@](C)(c5ccccc5)N4C3)[C@H](C)[C@H]12. The molecule has 170 valence electrons. The zero-order valence-electron chi connectivity index (χ0n) is 18.2. The Morgan fingerprint density at radius 2 is 1.97 bits per heavy atom. The molecule has 7 atom stereocenters. The maximum Gasteiger partial charge on any atom is 0.353 e. The number of carbonyl (C=O) groups is 3. The number of carbonyl (C=O) groups excluding carboxylic acids is 2. The predicted molar refractivity (Wildman–Crippen MR) is 118 cm³/mol. The average Bonchev–Trinajstić information content (AvgIpc) is 3.34. The number of hydrogen-bond acceptors (Lipinski definition) is 6. The van der Waals surface area contributed by atoms with Crippen LogP contribution in [0.3, 0.4) is 0 Å². The molecule has 4 aliphatic rings. The van der Waals surface area contributed by atoms with E-state index < -0.39 is 23.7 Å². The maximum atomic E-state index is 12.8. The van der Waals surface area contributed by atoms with Crippen molar-refractivity contribution in [2.24, 2.45) is 11.8 Å². The first-order chi connectivity index (χ1) is 15.1. The number of thioether (sulfide) groups is 1. The molecule has 0 spiro atoms. The van der Waals surface area contributed by atoms with E-state index in [9.17, 15) is 24.6 Å². The number of hydrogen-bond donors (Lipinski definition) is 3. The van der Waals surface area contributed by atoms with Gasteiger partial charge < -0.3 is 20.4 Å². The number of aliphatic hydroxyl groups is 1. The topological polar surface area (TPSA) is 110 Å². The molecular weight excluding hydrogens is 430 g/mol. The second-order valence-corrected chi connectivity index (χ2v) is 10.7. The lowest BCUT2D eigenvalue weighted by atomic mass is 9.79. The fourth-order valence-electron chi connectivity index (χ4n) is 5.88. The highest BCUT2D eigenvalue weighted by molar-refractivity contribution is 8.03. The molecule has 0 saturated carbocycles. The molecule has 0 radical (unpaired) electrons. The average molecular weight is 458 g/mol. The van der Waals surface area contributed by atoms with Crippen LogP contribution >= 0.6 is 11.8 Å². The van der Waals surface area contributed by atoms with Crippen LogP contribution in [-0.4, -0.2) is 67.8 Å².